The molecular formula is C11H18O4. The number of hydrogen-bond acceptors (Lipinski definition) is 2. The van der Waals surface area contributed by atoms with E-state index in [1.54, 1.807) is 0 Å². The van der Waals surface area contributed by atoms with Gasteiger partial charge in [-0.15, -0.1) is 0 Å². The van der Waals surface area contributed by atoms with Gasteiger partial charge < -0.3 is 10.2 Å². The average Bonchev–Trinajstić information content (AvgIpc) is 2.07. The van der Waals surface area contributed by atoms with Crippen molar-refractivity contribution in [3.8, 4) is 0 Å². The first kappa shape index (κ1) is 12.0. The van der Waals surface area contributed by atoms with E-state index in [0.29, 0.717) is 6.42 Å². The van der Waals surface area contributed by atoms with E-state index in [-0.39, 0.29) is 5.92 Å². The van der Waals surface area contributed by atoms with Crippen molar-refractivity contribution in [3.63, 3.8) is 0 Å². The summed E-state index contributed by atoms with van der Waals surface area (Å²) in [7, 11) is 0. The molecule has 4 heteroatoms. The van der Waals surface area contributed by atoms with E-state index < -0.39 is 29.2 Å². The highest BCUT2D eigenvalue weighted by atomic mass is 16.4. The zero-order valence-corrected chi connectivity index (χ0v) is 9.36. The van der Waals surface area contributed by atoms with Crippen LogP contribution in [0.1, 0.15) is 33.6 Å². The fraction of sp³-hybridized carbons (Fsp3) is 0.818. The molecule has 1 fully saturated rings. The standard InChI is InChI=1S/C11H18O4/c1-6-4-5-7(9(12)13)8(10(14)15)11(6,2)3/h6-8H,4-5H2,1-3H3,(H,12,13)(H,14,15). The van der Waals surface area contributed by atoms with Crippen LogP contribution in [0.15, 0.2) is 0 Å². The van der Waals surface area contributed by atoms with Gasteiger partial charge in [-0.1, -0.05) is 20.8 Å². The molecule has 4 nitrogen and oxygen atoms in total. The zero-order chi connectivity index (χ0) is 11.8. The summed E-state index contributed by atoms with van der Waals surface area (Å²) >= 11 is 0. The molecular weight excluding hydrogens is 196 g/mol. The normalized spacial score (nSPS) is 34.7. The van der Waals surface area contributed by atoms with E-state index in [4.69, 9.17) is 10.2 Å². The smallest absolute Gasteiger partial charge is 0.307 e. The second-order valence-corrected chi connectivity index (χ2v) is 5.06. The minimum atomic E-state index is -0.987. The molecule has 0 aliphatic heterocycles. The summed E-state index contributed by atoms with van der Waals surface area (Å²) in [5.74, 6) is -3.25. The lowest BCUT2D eigenvalue weighted by Gasteiger charge is -2.44. The summed E-state index contributed by atoms with van der Waals surface area (Å²) in [4.78, 5) is 22.2. The first-order chi connectivity index (χ1) is 6.78. The molecule has 0 heterocycles. The van der Waals surface area contributed by atoms with Crippen LogP contribution in [0.25, 0.3) is 0 Å². The van der Waals surface area contributed by atoms with Crippen molar-refractivity contribution in [2.45, 2.75) is 33.6 Å². The van der Waals surface area contributed by atoms with Crippen molar-refractivity contribution in [2.24, 2.45) is 23.2 Å². The van der Waals surface area contributed by atoms with Crippen LogP contribution in [0.5, 0.6) is 0 Å². The van der Waals surface area contributed by atoms with Crippen molar-refractivity contribution >= 4 is 11.9 Å². The van der Waals surface area contributed by atoms with Crippen LogP contribution in [-0.2, 0) is 9.59 Å². The van der Waals surface area contributed by atoms with E-state index in [2.05, 4.69) is 0 Å². The van der Waals surface area contributed by atoms with E-state index in [1.807, 2.05) is 20.8 Å². The van der Waals surface area contributed by atoms with E-state index >= 15 is 0 Å². The summed E-state index contributed by atoms with van der Waals surface area (Å²) in [6.45, 7) is 5.70. The van der Waals surface area contributed by atoms with Gasteiger partial charge in [0.2, 0.25) is 0 Å². The molecule has 1 rings (SSSR count). The lowest BCUT2D eigenvalue weighted by molar-refractivity contribution is -0.164. The summed E-state index contributed by atoms with van der Waals surface area (Å²) < 4.78 is 0. The van der Waals surface area contributed by atoms with Gasteiger partial charge in [-0.2, -0.15) is 0 Å². The molecule has 1 aliphatic rings. The third-order valence-corrected chi connectivity index (χ3v) is 3.97. The van der Waals surface area contributed by atoms with Gasteiger partial charge in [0.05, 0.1) is 11.8 Å². The van der Waals surface area contributed by atoms with Crippen LogP contribution in [0.3, 0.4) is 0 Å². The number of carboxylic acids is 2. The number of carbonyl (C=O) groups is 2. The molecule has 86 valence electrons. The highest BCUT2D eigenvalue weighted by molar-refractivity contribution is 5.81. The van der Waals surface area contributed by atoms with Crippen LogP contribution in [0, 0.1) is 23.2 Å². The molecule has 0 radical (unpaired) electrons. The Morgan fingerprint density at radius 3 is 2.07 bits per heavy atom. The Hall–Kier alpha value is -1.06. The van der Waals surface area contributed by atoms with Gasteiger partial charge in [-0.05, 0) is 24.2 Å². The van der Waals surface area contributed by atoms with Crippen molar-refractivity contribution in [2.75, 3.05) is 0 Å². The van der Waals surface area contributed by atoms with Crippen LogP contribution >= 0.6 is 0 Å². The number of rotatable bonds is 2. The Kier molecular flexibility index (Phi) is 3.07. The fourth-order valence-electron chi connectivity index (χ4n) is 2.55. The topological polar surface area (TPSA) is 74.6 Å². The molecule has 1 aliphatic carbocycles. The predicted octanol–water partition coefficient (Wildman–Crippen LogP) is 1.84. The molecule has 0 spiro atoms. The summed E-state index contributed by atoms with van der Waals surface area (Å²) in [6.07, 6.45) is 1.25. The second kappa shape index (κ2) is 3.83. The van der Waals surface area contributed by atoms with E-state index in [1.165, 1.54) is 0 Å². The second-order valence-electron chi connectivity index (χ2n) is 5.06. The van der Waals surface area contributed by atoms with Crippen molar-refractivity contribution < 1.29 is 19.8 Å². The van der Waals surface area contributed by atoms with Gasteiger partial charge >= 0.3 is 11.9 Å². The molecule has 0 amide bonds. The highest BCUT2D eigenvalue weighted by Crippen LogP contribution is 2.47. The fourth-order valence-corrected chi connectivity index (χ4v) is 2.55. The van der Waals surface area contributed by atoms with Gasteiger partial charge in [-0.25, -0.2) is 0 Å². The first-order valence-electron chi connectivity index (χ1n) is 5.24. The Balaban J connectivity index is 3.05. The summed E-state index contributed by atoms with van der Waals surface area (Å²) in [5.41, 5.74) is -0.451. The number of carboxylic acid groups (broad SMARTS) is 2. The minimum Gasteiger partial charge on any atom is -0.481 e. The molecule has 3 unspecified atom stereocenters. The Labute approximate surface area is 89.3 Å². The third kappa shape index (κ3) is 1.98. The largest absolute Gasteiger partial charge is 0.481 e. The van der Waals surface area contributed by atoms with Crippen molar-refractivity contribution in [1.29, 1.82) is 0 Å². The van der Waals surface area contributed by atoms with Crippen LogP contribution in [-0.4, -0.2) is 22.2 Å². The van der Waals surface area contributed by atoms with Gasteiger partial charge in [0.15, 0.2) is 0 Å². The number of aliphatic carboxylic acids is 2. The Morgan fingerprint density at radius 1 is 1.13 bits per heavy atom. The molecule has 0 saturated heterocycles. The average molecular weight is 214 g/mol. The van der Waals surface area contributed by atoms with E-state index in [9.17, 15) is 9.59 Å². The minimum absolute atomic E-state index is 0.245. The lowest BCUT2D eigenvalue weighted by atomic mass is 9.59. The van der Waals surface area contributed by atoms with Gasteiger partial charge in [0.1, 0.15) is 0 Å². The van der Waals surface area contributed by atoms with Gasteiger partial charge in [0.25, 0.3) is 0 Å². The Morgan fingerprint density at radius 2 is 1.67 bits per heavy atom. The number of hydrogen-bond donors (Lipinski definition) is 2. The molecule has 0 bridgehead atoms. The monoisotopic (exact) mass is 214 g/mol. The summed E-state index contributed by atoms with van der Waals surface area (Å²) in [6, 6.07) is 0. The quantitative estimate of drug-likeness (QED) is 0.735. The molecule has 3 atom stereocenters. The van der Waals surface area contributed by atoms with Crippen LogP contribution in [0.4, 0.5) is 0 Å². The van der Waals surface area contributed by atoms with Crippen molar-refractivity contribution in [1.82, 2.24) is 0 Å². The molecule has 2 N–H and O–H groups in total. The maximum Gasteiger partial charge on any atom is 0.307 e. The molecule has 0 aromatic heterocycles. The lowest BCUT2D eigenvalue weighted by Crippen LogP contribution is -2.47. The first-order valence-corrected chi connectivity index (χ1v) is 5.24. The Bertz CT molecular complexity index is 282. The SMILES string of the molecule is CC1CCC(C(=O)O)C(C(=O)O)C1(C)C. The maximum absolute atomic E-state index is 11.2. The molecule has 0 aromatic rings. The van der Waals surface area contributed by atoms with E-state index in [0.717, 1.165) is 6.42 Å². The molecule has 1 saturated carbocycles. The van der Waals surface area contributed by atoms with Gasteiger partial charge in [0, 0.05) is 0 Å². The summed E-state index contributed by atoms with van der Waals surface area (Å²) in [5, 5.41) is 18.2. The highest BCUT2D eigenvalue weighted by Gasteiger charge is 2.50. The van der Waals surface area contributed by atoms with Crippen molar-refractivity contribution in [3.05, 3.63) is 0 Å². The van der Waals surface area contributed by atoms with Crippen LogP contribution < -0.4 is 0 Å². The maximum atomic E-state index is 11.2. The molecule has 0 aromatic carbocycles. The molecule has 15 heavy (non-hydrogen) atoms. The van der Waals surface area contributed by atoms with Crippen LogP contribution in [0.2, 0.25) is 0 Å². The predicted molar refractivity (Wildman–Crippen MR) is 54.4 cm³/mol. The third-order valence-electron chi connectivity index (χ3n) is 3.97. The van der Waals surface area contributed by atoms with Gasteiger partial charge in [-0.3, -0.25) is 9.59 Å². The zero-order valence-electron chi connectivity index (χ0n) is 9.36.